The molecular formula is C7H8IO2-. The molecule has 2 nitrogen and oxygen atoms in total. The highest BCUT2D eigenvalue weighted by Crippen LogP contribution is 2.26. The Morgan fingerprint density at radius 2 is 2.10 bits per heavy atom. The van der Waals surface area contributed by atoms with Crippen LogP contribution in [0.2, 0.25) is 0 Å². The third-order valence-corrected chi connectivity index (χ3v) is 3.21. The number of carbonyl (C=O) groups excluding carboxylic acids is 1. The summed E-state index contributed by atoms with van der Waals surface area (Å²) in [5.41, 5.74) is 0. The fourth-order valence-electron chi connectivity index (χ4n) is 1.07. The lowest BCUT2D eigenvalue weighted by molar-refractivity contribution is -0.305. The molecule has 10 heavy (non-hydrogen) atoms. The van der Waals surface area contributed by atoms with Crippen LogP contribution in [-0.4, -0.2) is 9.89 Å². The molecule has 0 aliphatic heterocycles. The molecule has 0 aromatic rings. The molecule has 1 unspecified atom stereocenters. The number of rotatable bonds is 2. The van der Waals surface area contributed by atoms with Gasteiger partial charge in [-0.1, -0.05) is 34.7 Å². The van der Waals surface area contributed by atoms with E-state index in [1.807, 2.05) is 34.7 Å². The Morgan fingerprint density at radius 1 is 1.60 bits per heavy atom. The van der Waals surface area contributed by atoms with E-state index in [1.165, 1.54) is 0 Å². The van der Waals surface area contributed by atoms with E-state index >= 15 is 0 Å². The third-order valence-electron chi connectivity index (χ3n) is 1.68. The summed E-state index contributed by atoms with van der Waals surface area (Å²) < 4.78 is -0.326. The molecule has 1 aliphatic rings. The largest absolute Gasteiger partial charge is 0.549 e. The van der Waals surface area contributed by atoms with Crippen LogP contribution in [0.3, 0.4) is 0 Å². The molecular weight excluding hydrogens is 243 g/mol. The van der Waals surface area contributed by atoms with Crippen LogP contribution in [0.5, 0.6) is 0 Å². The van der Waals surface area contributed by atoms with Crippen molar-refractivity contribution in [2.45, 2.75) is 16.8 Å². The Balaban J connectivity index is 2.42. The van der Waals surface area contributed by atoms with Gasteiger partial charge in [0.05, 0.1) is 9.89 Å². The molecule has 0 N–H and O–H groups in total. The van der Waals surface area contributed by atoms with Gasteiger partial charge in [-0.2, -0.15) is 0 Å². The van der Waals surface area contributed by atoms with Gasteiger partial charge < -0.3 is 9.90 Å². The average Bonchev–Trinajstić information content (AvgIpc) is 2.36. The van der Waals surface area contributed by atoms with E-state index in [1.54, 1.807) is 0 Å². The highest BCUT2D eigenvalue weighted by Gasteiger charge is 2.19. The Labute approximate surface area is 73.5 Å². The fourth-order valence-corrected chi connectivity index (χ4v) is 1.66. The normalized spacial score (nSPS) is 21.3. The summed E-state index contributed by atoms with van der Waals surface area (Å²) in [6.07, 6.45) is 5.84. The van der Waals surface area contributed by atoms with E-state index in [0.29, 0.717) is 0 Å². The number of carbonyl (C=O) groups is 1. The number of alkyl halides is 1. The van der Waals surface area contributed by atoms with Crippen LogP contribution in [0.4, 0.5) is 0 Å². The van der Waals surface area contributed by atoms with Crippen LogP contribution in [0.25, 0.3) is 0 Å². The van der Waals surface area contributed by atoms with Crippen molar-refractivity contribution in [1.82, 2.24) is 0 Å². The van der Waals surface area contributed by atoms with Crippen molar-refractivity contribution in [2.75, 3.05) is 0 Å². The molecule has 0 amide bonds. The van der Waals surface area contributed by atoms with E-state index in [-0.39, 0.29) is 9.84 Å². The van der Waals surface area contributed by atoms with Crippen LogP contribution < -0.4 is 5.11 Å². The molecule has 1 rings (SSSR count). The molecule has 0 heterocycles. The summed E-state index contributed by atoms with van der Waals surface area (Å²) in [7, 11) is 0. The fraction of sp³-hybridized carbons (Fsp3) is 0.571. The maximum absolute atomic E-state index is 10.3. The summed E-state index contributed by atoms with van der Waals surface area (Å²) in [4.78, 5) is 10.3. The predicted octanol–water partition coefficient (Wildman–Crippen LogP) is 0.506. The molecule has 0 saturated carbocycles. The zero-order valence-corrected chi connectivity index (χ0v) is 7.58. The van der Waals surface area contributed by atoms with Gasteiger partial charge in [-0.15, -0.1) is 0 Å². The standard InChI is InChI=1S/C7H9IO2/c8-6(7(9)10)5-3-1-2-4-5/h1-2,5-6H,3-4H2,(H,9,10)/p-1. The van der Waals surface area contributed by atoms with Gasteiger partial charge in [-0.05, 0) is 18.8 Å². The first kappa shape index (κ1) is 8.04. The Morgan fingerprint density at radius 3 is 2.50 bits per heavy atom. The van der Waals surface area contributed by atoms with Crippen molar-refractivity contribution >= 4 is 28.6 Å². The van der Waals surface area contributed by atoms with Crippen molar-refractivity contribution in [2.24, 2.45) is 5.92 Å². The zero-order chi connectivity index (χ0) is 7.56. The topological polar surface area (TPSA) is 40.1 Å². The first-order chi connectivity index (χ1) is 4.72. The lowest BCUT2D eigenvalue weighted by atomic mass is 10.0. The Bertz CT molecular complexity index is 157. The lowest BCUT2D eigenvalue weighted by Gasteiger charge is -2.17. The number of hydrogen-bond acceptors (Lipinski definition) is 2. The molecule has 3 heteroatoms. The van der Waals surface area contributed by atoms with Crippen LogP contribution in [0, 0.1) is 5.92 Å². The highest BCUT2D eigenvalue weighted by atomic mass is 127. The molecule has 0 saturated heterocycles. The highest BCUT2D eigenvalue weighted by molar-refractivity contribution is 14.1. The minimum atomic E-state index is -0.936. The number of carboxylic acid groups (broad SMARTS) is 1. The summed E-state index contributed by atoms with van der Waals surface area (Å²) >= 11 is 1.93. The van der Waals surface area contributed by atoms with Crippen LogP contribution >= 0.6 is 22.6 Å². The third kappa shape index (κ3) is 1.71. The number of aliphatic carboxylic acids is 1. The molecule has 56 valence electrons. The van der Waals surface area contributed by atoms with E-state index in [0.717, 1.165) is 12.8 Å². The molecule has 0 spiro atoms. The van der Waals surface area contributed by atoms with E-state index in [4.69, 9.17) is 0 Å². The smallest absolute Gasteiger partial charge is 0.0546 e. The first-order valence-corrected chi connectivity index (χ1v) is 4.46. The predicted molar refractivity (Wildman–Crippen MR) is 44.7 cm³/mol. The van der Waals surface area contributed by atoms with E-state index in [2.05, 4.69) is 0 Å². The Hall–Kier alpha value is -0.0600. The SMILES string of the molecule is O=C([O-])C(I)C1CC=CC1. The second-order valence-electron chi connectivity index (χ2n) is 2.42. The van der Waals surface area contributed by atoms with Gasteiger partial charge in [0.25, 0.3) is 0 Å². The number of halogens is 1. The molecule has 0 bridgehead atoms. The lowest BCUT2D eigenvalue weighted by Crippen LogP contribution is -2.35. The van der Waals surface area contributed by atoms with Crippen molar-refractivity contribution in [1.29, 1.82) is 0 Å². The minimum Gasteiger partial charge on any atom is -0.549 e. The maximum Gasteiger partial charge on any atom is 0.0546 e. The van der Waals surface area contributed by atoms with Crippen molar-refractivity contribution in [3.05, 3.63) is 12.2 Å². The first-order valence-electron chi connectivity index (χ1n) is 3.21. The zero-order valence-electron chi connectivity index (χ0n) is 5.42. The molecule has 0 fully saturated rings. The average molecular weight is 251 g/mol. The number of carboxylic acids is 1. The van der Waals surface area contributed by atoms with Gasteiger partial charge in [0.2, 0.25) is 0 Å². The van der Waals surface area contributed by atoms with Gasteiger partial charge >= 0.3 is 0 Å². The van der Waals surface area contributed by atoms with Crippen LogP contribution in [0.15, 0.2) is 12.2 Å². The summed E-state index contributed by atoms with van der Waals surface area (Å²) in [5, 5.41) is 10.3. The summed E-state index contributed by atoms with van der Waals surface area (Å²) in [5.74, 6) is -0.667. The van der Waals surface area contributed by atoms with Crippen molar-refractivity contribution in [3.63, 3.8) is 0 Å². The van der Waals surface area contributed by atoms with Gasteiger partial charge in [0.1, 0.15) is 0 Å². The summed E-state index contributed by atoms with van der Waals surface area (Å²) in [6, 6.07) is 0. The molecule has 1 aliphatic carbocycles. The number of allylic oxidation sites excluding steroid dienone is 2. The van der Waals surface area contributed by atoms with E-state index in [9.17, 15) is 9.90 Å². The molecule has 0 aromatic carbocycles. The monoisotopic (exact) mass is 251 g/mol. The second kappa shape index (κ2) is 3.37. The van der Waals surface area contributed by atoms with Gasteiger partial charge in [-0.3, -0.25) is 0 Å². The minimum absolute atomic E-state index is 0.269. The van der Waals surface area contributed by atoms with Gasteiger partial charge in [0.15, 0.2) is 0 Å². The summed E-state index contributed by atoms with van der Waals surface area (Å²) in [6.45, 7) is 0. The van der Waals surface area contributed by atoms with Gasteiger partial charge in [0, 0.05) is 0 Å². The molecule has 0 aromatic heterocycles. The van der Waals surface area contributed by atoms with Gasteiger partial charge in [-0.25, -0.2) is 0 Å². The quantitative estimate of drug-likeness (QED) is 0.407. The van der Waals surface area contributed by atoms with Crippen LogP contribution in [0.1, 0.15) is 12.8 Å². The second-order valence-corrected chi connectivity index (χ2v) is 3.77. The van der Waals surface area contributed by atoms with Crippen LogP contribution in [-0.2, 0) is 4.79 Å². The maximum atomic E-state index is 10.3. The Kier molecular flexibility index (Phi) is 2.71. The molecule has 0 radical (unpaired) electrons. The van der Waals surface area contributed by atoms with E-state index < -0.39 is 5.97 Å². The number of hydrogen-bond donors (Lipinski definition) is 0. The van der Waals surface area contributed by atoms with Crippen molar-refractivity contribution < 1.29 is 9.90 Å². The van der Waals surface area contributed by atoms with Crippen molar-refractivity contribution in [3.8, 4) is 0 Å². The molecule has 1 atom stereocenters.